The molecule has 1 unspecified atom stereocenters. The van der Waals surface area contributed by atoms with Gasteiger partial charge in [-0.2, -0.15) is 0 Å². The molecule has 1 atom stereocenters. The molecule has 74 valence electrons. The third kappa shape index (κ3) is 7.11. The van der Waals surface area contributed by atoms with Crippen LogP contribution in [0.25, 0.3) is 0 Å². The van der Waals surface area contributed by atoms with Gasteiger partial charge in [0.05, 0.1) is 6.10 Å². The molecule has 0 N–H and O–H groups in total. The molecule has 0 heterocycles. The van der Waals surface area contributed by atoms with Crippen molar-refractivity contribution in [3.05, 3.63) is 0 Å². The molecule has 0 aliphatic carbocycles. The summed E-state index contributed by atoms with van der Waals surface area (Å²) in [6, 6.07) is 0. The number of halogens is 1. The Labute approximate surface area is 85.0 Å². The first-order valence-corrected chi connectivity index (χ1v) is 5.98. The van der Waals surface area contributed by atoms with Crippen molar-refractivity contribution in [1.82, 2.24) is 0 Å². The molecule has 0 aromatic heterocycles. The predicted molar refractivity (Wildman–Crippen MR) is 57.9 cm³/mol. The molecule has 0 aliphatic heterocycles. The van der Waals surface area contributed by atoms with E-state index in [1.54, 1.807) is 0 Å². The van der Waals surface area contributed by atoms with Gasteiger partial charge in [0.2, 0.25) is 0 Å². The monoisotopic (exact) mass is 236 g/mol. The van der Waals surface area contributed by atoms with E-state index in [4.69, 9.17) is 4.74 Å². The number of unbranched alkanes of at least 4 members (excludes halogenated alkanes) is 2. The van der Waals surface area contributed by atoms with E-state index in [0.717, 1.165) is 11.9 Å². The van der Waals surface area contributed by atoms with Gasteiger partial charge in [-0.3, -0.25) is 0 Å². The molecule has 0 rings (SSSR count). The maximum atomic E-state index is 5.63. The SMILES string of the molecule is CC(C)C(C)OCCCCCBr. The summed E-state index contributed by atoms with van der Waals surface area (Å²) in [4.78, 5) is 0. The fraction of sp³-hybridized carbons (Fsp3) is 1.00. The Bertz CT molecular complexity index is 93.8. The normalized spacial score (nSPS) is 13.8. The number of rotatable bonds is 7. The topological polar surface area (TPSA) is 9.23 Å². The molecule has 0 radical (unpaired) electrons. The lowest BCUT2D eigenvalue weighted by atomic mass is 10.1. The molecule has 0 aromatic rings. The van der Waals surface area contributed by atoms with Crippen LogP contribution < -0.4 is 0 Å². The van der Waals surface area contributed by atoms with Crippen molar-refractivity contribution in [3.8, 4) is 0 Å². The van der Waals surface area contributed by atoms with Crippen LogP contribution in [0.2, 0.25) is 0 Å². The highest BCUT2D eigenvalue weighted by Gasteiger charge is 2.05. The third-order valence-corrected chi connectivity index (χ3v) is 2.66. The maximum Gasteiger partial charge on any atom is 0.0569 e. The first-order chi connectivity index (χ1) is 5.68. The summed E-state index contributed by atoms with van der Waals surface area (Å²) >= 11 is 3.41. The van der Waals surface area contributed by atoms with Crippen molar-refractivity contribution < 1.29 is 4.74 Å². The summed E-state index contributed by atoms with van der Waals surface area (Å²) in [6.07, 6.45) is 4.15. The number of alkyl halides is 1. The summed E-state index contributed by atoms with van der Waals surface area (Å²) in [5.41, 5.74) is 0. The predicted octanol–water partition coefficient (Wildman–Crippen LogP) is 3.61. The van der Waals surface area contributed by atoms with E-state index in [0.29, 0.717) is 12.0 Å². The first kappa shape index (κ1) is 12.4. The van der Waals surface area contributed by atoms with Gasteiger partial charge >= 0.3 is 0 Å². The summed E-state index contributed by atoms with van der Waals surface area (Å²) in [7, 11) is 0. The minimum atomic E-state index is 0.411. The highest BCUT2D eigenvalue weighted by molar-refractivity contribution is 9.09. The van der Waals surface area contributed by atoms with Crippen LogP contribution in [-0.4, -0.2) is 18.0 Å². The van der Waals surface area contributed by atoms with Crippen molar-refractivity contribution in [1.29, 1.82) is 0 Å². The zero-order chi connectivity index (χ0) is 9.40. The summed E-state index contributed by atoms with van der Waals surface area (Å²) < 4.78 is 5.63. The summed E-state index contributed by atoms with van der Waals surface area (Å²) in [6.45, 7) is 7.47. The average molecular weight is 237 g/mol. The second-order valence-electron chi connectivity index (χ2n) is 3.57. The Morgan fingerprint density at radius 2 is 1.75 bits per heavy atom. The molecular weight excluding hydrogens is 216 g/mol. The first-order valence-electron chi connectivity index (χ1n) is 4.86. The van der Waals surface area contributed by atoms with Gasteiger partial charge in [-0.15, -0.1) is 0 Å². The van der Waals surface area contributed by atoms with E-state index in [1.807, 2.05) is 0 Å². The molecule has 0 amide bonds. The molecule has 0 fully saturated rings. The molecule has 0 aliphatic rings. The Balaban J connectivity index is 3.08. The van der Waals surface area contributed by atoms with Gasteiger partial charge in [-0.05, 0) is 25.7 Å². The van der Waals surface area contributed by atoms with Crippen molar-refractivity contribution in [2.75, 3.05) is 11.9 Å². The Morgan fingerprint density at radius 3 is 2.25 bits per heavy atom. The van der Waals surface area contributed by atoms with E-state index in [1.165, 1.54) is 19.3 Å². The summed E-state index contributed by atoms with van der Waals surface area (Å²) in [5.74, 6) is 0.640. The standard InChI is InChI=1S/C10H21BrO/c1-9(2)10(3)12-8-6-4-5-7-11/h9-10H,4-8H2,1-3H3. The molecule has 0 saturated carbocycles. The smallest absolute Gasteiger partial charge is 0.0569 e. The molecule has 2 heteroatoms. The fourth-order valence-electron chi connectivity index (χ4n) is 0.835. The zero-order valence-corrected chi connectivity index (χ0v) is 10.1. The van der Waals surface area contributed by atoms with E-state index >= 15 is 0 Å². The highest BCUT2D eigenvalue weighted by atomic mass is 79.9. The van der Waals surface area contributed by atoms with Crippen molar-refractivity contribution in [2.24, 2.45) is 5.92 Å². The number of ether oxygens (including phenoxy) is 1. The second kappa shape index (κ2) is 8.06. The van der Waals surface area contributed by atoms with Gasteiger partial charge in [0.25, 0.3) is 0 Å². The third-order valence-electron chi connectivity index (χ3n) is 2.10. The van der Waals surface area contributed by atoms with Gasteiger partial charge in [-0.1, -0.05) is 36.2 Å². The number of hydrogen-bond donors (Lipinski definition) is 0. The van der Waals surface area contributed by atoms with Crippen LogP contribution in [0.4, 0.5) is 0 Å². The van der Waals surface area contributed by atoms with Crippen LogP contribution in [0.5, 0.6) is 0 Å². The minimum Gasteiger partial charge on any atom is -0.378 e. The van der Waals surface area contributed by atoms with Gasteiger partial charge in [0.1, 0.15) is 0 Å². The summed E-state index contributed by atoms with van der Waals surface area (Å²) in [5, 5.41) is 1.12. The number of hydrogen-bond acceptors (Lipinski definition) is 1. The molecule has 12 heavy (non-hydrogen) atoms. The van der Waals surface area contributed by atoms with Crippen LogP contribution in [0.3, 0.4) is 0 Å². The Hall–Kier alpha value is 0.440. The second-order valence-corrected chi connectivity index (χ2v) is 4.36. The molecule has 0 saturated heterocycles. The van der Waals surface area contributed by atoms with Crippen LogP contribution in [0.1, 0.15) is 40.0 Å². The van der Waals surface area contributed by atoms with Crippen molar-refractivity contribution in [2.45, 2.75) is 46.1 Å². The van der Waals surface area contributed by atoms with E-state index < -0.39 is 0 Å². The van der Waals surface area contributed by atoms with Gasteiger partial charge in [-0.25, -0.2) is 0 Å². The van der Waals surface area contributed by atoms with Crippen LogP contribution in [0.15, 0.2) is 0 Å². The maximum absolute atomic E-state index is 5.63. The van der Waals surface area contributed by atoms with Crippen molar-refractivity contribution in [3.63, 3.8) is 0 Å². The molecule has 1 nitrogen and oxygen atoms in total. The lowest BCUT2D eigenvalue weighted by molar-refractivity contribution is 0.0334. The molecule has 0 aromatic carbocycles. The fourth-order valence-corrected chi connectivity index (χ4v) is 1.23. The lowest BCUT2D eigenvalue weighted by Gasteiger charge is -2.16. The lowest BCUT2D eigenvalue weighted by Crippen LogP contribution is -2.15. The molecular formula is C10H21BrO. The van der Waals surface area contributed by atoms with E-state index in [9.17, 15) is 0 Å². The van der Waals surface area contributed by atoms with Crippen molar-refractivity contribution >= 4 is 15.9 Å². The Kier molecular flexibility index (Phi) is 8.35. The van der Waals surface area contributed by atoms with E-state index in [2.05, 4.69) is 36.7 Å². The average Bonchev–Trinajstić information content (AvgIpc) is 2.03. The molecule has 0 bridgehead atoms. The quantitative estimate of drug-likeness (QED) is 0.485. The van der Waals surface area contributed by atoms with Crippen LogP contribution in [-0.2, 0) is 4.74 Å². The highest BCUT2D eigenvalue weighted by Crippen LogP contribution is 2.06. The van der Waals surface area contributed by atoms with Gasteiger partial charge in [0.15, 0.2) is 0 Å². The Morgan fingerprint density at radius 1 is 1.08 bits per heavy atom. The van der Waals surface area contributed by atoms with Gasteiger partial charge in [0, 0.05) is 11.9 Å². The van der Waals surface area contributed by atoms with Crippen LogP contribution in [0, 0.1) is 5.92 Å². The van der Waals surface area contributed by atoms with Gasteiger partial charge < -0.3 is 4.74 Å². The molecule has 0 spiro atoms. The van der Waals surface area contributed by atoms with Crippen LogP contribution >= 0.6 is 15.9 Å². The van der Waals surface area contributed by atoms with E-state index in [-0.39, 0.29) is 0 Å². The largest absolute Gasteiger partial charge is 0.378 e. The zero-order valence-electron chi connectivity index (χ0n) is 8.48. The minimum absolute atomic E-state index is 0.411.